The molecule has 8 heteroatoms. The Morgan fingerprint density at radius 2 is 1.78 bits per heavy atom. The third-order valence-corrected chi connectivity index (χ3v) is 7.05. The number of ketones is 1. The van der Waals surface area contributed by atoms with Crippen molar-refractivity contribution >= 4 is 17.3 Å². The second kappa shape index (κ2) is 8.34. The molecule has 1 aromatic heterocycles. The van der Waals surface area contributed by atoms with Gasteiger partial charge in [0.1, 0.15) is 17.5 Å². The van der Waals surface area contributed by atoms with Gasteiger partial charge < -0.3 is 14.0 Å². The molecule has 6 rings (SSSR count). The molecule has 0 N–H and O–H groups in total. The van der Waals surface area contributed by atoms with E-state index in [0.717, 1.165) is 6.07 Å². The van der Waals surface area contributed by atoms with Gasteiger partial charge in [0.15, 0.2) is 17.3 Å². The fourth-order valence-electron chi connectivity index (χ4n) is 5.54. The first-order valence-corrected chi connectivity index (χ1v) is 12.0. The Bertz CT molecular complexity index is 1550. The third kappa shape index (κ3) is 3.70. The number of hydrogen-bond acceptors (Lipinski definition) is 5. The molecular weight excluding hydrogens is 476 g/mol. The minimum atomic E-state index is -0.786. The number of benzene rings is 2. The molecule has 186 valence electrons. The molecule has 1 atom stereocenters. The molecule has 3 aliphatic rings. The van der Waals surface area contributed by atoms with Crippen LogP contribution >= 0.6 is 0 Å². The van der Waals surface area contributed by atoms with Gasteiger partial charge in [-0.05, 0) is 53.8 Å². The van der Waals surface area contributed by atoms with Crippen LogP contribution in [0.5, 0.6) is 11.5 Å². The molecule has 1 aliphatic carbocycles. The van der Waals surface area contributed by atoms with Crippen molar-refractivity contribution in [1.29, 1.82) is 5.26 Å². The van der Waals surface area contributed by atoms with E-state index >= 15 is 4.39 Å². The average Bonchev–Trinajstić information content (AvgIpc) is 3.54. The molecule has 0 fully saturated rings. The number of ether oxygens (including phenoxy) is 2. The predicted octanol–water partition coefficient (Wildman–Crippen LogP) is 6.13. The van der Waals surface area contributed by atoms with Crippen molar-refractivity contribution in [2.45, 2.75) is 32.6 Å². The molecule has 0 saturated heterocycles. The van der Waals surface area contributed by atoms with Gasteiger partial charge in [-0.1, -0.05) is 19.9 Å². The number of nitrogens with zero attached hydrogens (tertiary/aromatic N) is 3. The quantitative estimate of drug-likeness (QED) is 0.433. The fourth-order valence-corrected chi connectivity index (χ4v) is 5.54. The van der Waals surface area contributed by atoms with Crippen molar-refractivity contribution in [3.63, 3.8) is 0 Å². The van der Waals surface area contributed by atoms with E-state index in [9.17, 15) is 14.4 Å². The second-order valence-electron chi connectivity index (χ2n) is 10.2. The van der Waals surface area contributed by atoms with Gasteiger partial charge in [-0.3, -0.25) is 9.69 Å². The van der Waals surface area contributed by atoms with Gasteiger partial charge in [-0.15, -0.1) is 0 Å². The molecule has 0 amide bonds. The van der Waals surface area contributed by atoms with Crippen molar-refractivity contribution in [3.05, 3.63) is 95.0 Å². The van der Waals surface area contributed by atoms with Crippen molar-refractivity contribution in [2.24, 2.45) is 5.41 Å². The summed E-state index contributed by atoms with van der Waals surface area (Å²) < 4.78 is 42.1. The summed E-state index contributed by atoms with van der Waals surface area (Å²) in [4.78, 5) is 15.4. The molecule has 0 saturated carbocycles. The van der Waals surface area contributed by atoms with Crippen molar-refractivity contribution in [2.75, 3.05) is 11.7 Å². The Kier molecular flexibility index (Phi) is 5.19. The zero-order chi connectivity index (χ0) is 25.9. The standard InChI is InChI=1S/C29H23F2N3O3/c1-29(2)13-22-27(23(35)14-29)26(17-5-8-24-25(11-17)37-16-36-24)19(15-32)28(33-9-3-4-10-33)34(22)21-7-6-18(30)12-20(21)31/h3-12,26H,13-14,16H2,1-2H3/t26-/m0/s1. The summed E-state index contributed by atoms with van der Waals surface area (Å²) in [5.41, 5.74) is 1.66. The summed E-state index contributed by atoms with van der Waals surface area (Å²) in [5.74, 6) is -0.784. The van der Waals surface area contributed by atoms with Crippen molar-refractivity contribution < 1.29 is 23.0 Å². The van der Waals surface area contributed by atoms with E-state index in [4.69, 9.17) is 9.47 Å². The van der Waals surface area contributed by atoms with Crippen LogP contribution in [-0.2, 0) is 4.79 Å². The van der Waals surface area contributed by atoms with Crippen LogP contribution in [0.4, 0.5) is 14.5 Å². The first-order valence-electron chi connectivity index (χ1n) is 12.0. The third-order valence-electron chi connectivity index (χ3n) is 7.05. The number of anilines is 1. The SMILES string of the molecule is CC1(C)CC(=O)C2=C(C1)N(c1ccc(F)cc1F)C(n1cccc1)=C(C#N)[C@@H]2c1ccc2c(c1)OCO2. The van der Waals surface area contributed by atoms with E-state index < -0.39 is 23.0 Å². The van der Waals surface area contributed by atoms with E-state index in [0.29, 0.717) is 40.6 Å². The highest BCUT2D eigenvalue weighted by Crippen LogP contribution is 2.53. The number of carbonyl (C=O) groups excluding carboxylic acids is 1. The molecular formula is C29H23F2N3O3. The molecule has 3 heterocycles. The average molecular weight is 500 g/mol. The fraction of sp³-hybridized carbons (Fsp3) is 0.241. The topological polar surface area (TPSA) is 67.5 Å². The summed E-state index contributed by atoms with van der Waals surface area (Å²) in [6, 6.07) is 14.7. The summed E-state index contributed by atoms with van der Waals surface area (Å²) >= 11 is 0. The highest BCUT2D eigenvalue weighted by Gasteiger charge is 2.46. The Labute approximate surface area is 212 Å². The molecule has 0 unspecified atom stereocenters. The van der Waals surface area contributed by atoms with E-state index in [1.165, 1.54) is 12.1 Å². The van der Waals surface area contributed by atoms with E-state index in [1.54, 1.807) is 46.1 Å². The van der Waals surface area contributed by atoms with Gasteiger partial charge in [-0.2, -0.15) is 5.26 Å². The van der Waals surface area contributed by atoms with Gasteiger partial charge in [0.05, 0.1) is 23.2 Å². The lowest BCUT2D eigenvalue weighted by atomic mass is 9.68. The maximum absolute atomic E-state index is 15.4. The Morgan fingerprint density at radius 1 is 1.03 bits per heavy atom. The highest BCUT2D eigenvalue weighted by atomic mass is 19.1. The monoisotopic (exact) mass is 499 g/mol. The van der Waals surface area contributed by atoms with Crippen LogP contribution in [0.15, 0.2) is 77.8 Å². The van der Waals surface area contributed by atoms with Gasteiger partial charge in [-0.25, -0.2) is 8.78 Å². The maximum atomic E-state index is 15.4. The summed E-state index contributed by atoms with van der Waals surface area (Å²) in [6.45, 7) is 4.07. The molecule has 0 bridgehead atoms. The zero-order valence-electron chi connectivity index (χ0n) is 20.3. The van der Waals surface area contributed by atoms with Crippen LogP contribution in [0.3, 0.4) is 0 Å². The molecule has 6 nitrogen and oxygen atoms in total. The molecule has 2 aliphatic heterocycles. The number of rotatable bonds is 3. The summed E-state index contributed by atoms with van der Waals surface area (Å²) in [6.07, 6.45) is 4.26. The van der Waals surface area contributed by atoms with Gasteiger partial charge in [0.25, 0.3) is 0 Å². The van der Waals surface area contributed by atoms with Crippen molar-refractivity contribution in [3.8, 4) is 17.6 Å². The number of allylic oxidation sites excluding steroid dienone is 3. The lowest BCUT2D eigenvalue weighted by Crippen LogP contribution is -2.40. The van der Waals surface area contributed by atoms with Gasteiger partial charge >= 0.3 is 0 Å². The Morgan fingerprint density at radius 3 is 2.51 bits per heavy atom. The van der Waals surface area contributed by atoms with Gasteiger partial charge in [0.2, 0.25) is 6.79 Å². The van der Waals surface area contributed by atoms with E-state index in [2.05, 4.69) is 6.07 Å². The van der Waals surface area contributed by atoms with Crippen LogP contribution in [-0.4, -0.2) is 17.1 Å². The molecule has 37 heavy (non-hydrogen) atoms. The minimum Gasteiger partial charge on any atom is -0.454 e. The number of nitriles is 1. The van der Waals surface area contributed by atoms with Gasteiger partial charge in [0, 0.05) is 36.2 Å². The predicted molar refractivity (Wildman–Crippen MR) is 132 cm³/mol. The minimum absolute atomic E-state index is 0.0694. The van der Waals surface area contributed by atoms with Crippen LogP contribution in [0, 0.1) is 28.4 Å². The van der Waals surface area contributed by atoms with Crippen LogP contribution in [0.1, 0.15) is 38.2 Å². The summed E-state index contributed by atoms with van der Waals surface area (Å²) in [7, 11) is 0. The lowest BCUT2D eigenvalue weighted by molar-refractivity contribution is -0.118. The second-order valence-corrected chi connectivity index (χ2v) is 10.2. The highest BCUT2D eigenvalue weighted by molar-refractivity contribution is 6.03. The number of fused-ring (bicyclic) bond motifs is 1. The number of aromatic nitrogens is 1. The van der Waals surface area contributed by atoms with Crippen LogP contribution in [0.25, 0.3) is 5.82 Å². The zero-order valence-corrected chi connectivity index (χ0v) is 20.3. The first kappa shape index (κ1) is 23.0. The number of halogens is 2. The van der Waals surface area contributed by atoms with E-state index in [-0.39, 0.29) is 30.3 Å². The molecule has 0 radical (unpaired) electrons. The number of carbonyl (C=O) groups is 1. The van der Waals surface area contributed by atoms with Crippen LogP contribution < -0.4 is 14.4 Å². The normalized spacial score (nSPS) is 20.2. The maximum Gasteiger partial charge on any atom is 0.231 e. The van der Waals surface area contributed by atoms with E-state index in [1.807, 2.05) is 19.9 Å². The number of Topliss-reactive ketones (excluding diaryl/α,β-unsaturated/α-hetero) is 1. The number of hydrogen-bond donors (Lipinski definition) is 0. The molecule has 3 aromatic rings. The molecule has 2 aromatic carbocycles. The first-order chi connectivity index (χ1) is 17.8. The molecule has 0 spiro atoms. The lowest BCUT2D eigenvalue weighted by Gasteiger charge is -2.45. The summed E-state index contributed by atoms with van der Waals surface area (Å²) in [5, 5.41) is 10.6. The largest absolute Gasteiger partial charge is 0.454 e. The smallest absolute Gasteiger partial charge is 0.231 e. The Hall–Kier alpha value is -4.38. The van der Waals surface area contributed by atoms with Crippen molar-refractivity contribution in [1.82, 2.24) is 4.57 Å². The van der Waals surface area contributed by atoms with Crippen LogP contribution in [0.2, 0.25) is 0 Å². The Balaban J connectivity index is 1.68.